The summed E-state index contributed by atoms with van der Waals surface area (Å²) < 4.78 is 6.42. The summed E-state index contributed by atoms with van der Waals surface area (Å²) in [5.41, 5.74) is 2.47. The van der Waals surface area contributed by atoms with Crippen LogP contribution in [0.3, 0.4) is 0 Å². The van der Waals surface area contributed by atoms with Crippen LogP contribution in [0, 0.1) is 21.8 Å². The van der Waals surface area contributed by atoms with Crippen LogP contribution in [-0.4, -0.2) is 12.5 Å². The minimum absolute atomic E-state index is 0.0539. The molecule has 0 fully saturated rings. The van der Waals surface area contributed by atoms with Gasteiger partial charge in [0.25, 0.3) is 5.91 Å². The van der Waals surface area contributed by atoms with Gasteiger partial charge in [0.1, 0.15) is 17.4 Å². The van der Waals surface area contributed by atoms with E-state index in [2.05, 4.69) is 27.9 Å². The predicted molar refractivity (Wildman–Crippen MR) is 104 cm³/mol. The quantitative estimate of drug-likeness (QED) is 0.429. The second-order valence-electron chi connectivity index (χ2n) is 5.06. The standard InChI is InChI=1S/C19H17IN2O2/c1-3-24-18-9-8-14(11-16(18)20)10-15(12-21)19(23)22-17-7-5-4-6-13(17)2/h4-11H,3H2,1-2H3,(H,22,23)/b15-10-. The number of para-hydroxylation sites is 1. The number of nitriles is 1. The van der Waals surface area contributed by atoms with Gasteiger partial charge in [0.2, 0.25) is 0 Å². The van der Waals surface area contributed by atoms with Gasteiger partial charge in [0.05, 0.1) is 10.2 Å². The molecule has 0 heterocycles. The van der Waals surface area contributed by atoms with Crippen molar-refractivity contribution >= 4 is 40.3 Å². The topological polar surface area (TPSA) is 62.1 Å². The first-order valence-corrected chi connectivity index (χ1v) is 8.54. The Balaban J connectivity index is 2.23. The van der Waals surface area contributed by atoms with Gasteiger partial charge < -0.3 is 10.1 Å². The molecule has 0 atom stereocenters. The van der Waals surface area contributed by atoms with E-state index in [1.54, 1.807) is 6.08 Å². The molecule has 122 valence electrons. The maximum atomic E-state index is 12.3. The molecule has 0 aromatic heterocycles. The molecule has 0 aliphatic rings. The van der Waals surface area contributed by atoms with E-state index in [0.717, 1.165) is 20.4 Å². The highest BCUT2D eigenvalue weighted by Crippen LogP contribution is 2.23. The summed E-state index contributed by atoms with van der Waals surface area (Å²) in [4.78, 5) is 12.3. The van der Waals surface area contributed by atoms with Crippen molar-refractivity contribution in [1.82, 2.24) is 0 Å². The van der Waals surface area contributed by atoms with E-state index in [1.807, 2.05) is 62.4 Å². The van der Waals surface area contributed by atoms with Crippen molar-refractivity contribution in [2.75, 3.05) is 11.9 Å². The SMILES string of the molecule is CCOc1ccc(/C=C(/C#N)C(=O)Nc2ccccc2C)cc1I. The summed E-state index contributed by atoms with van der Waals surface area (Å²) in [5.74, 6) is 0.369. The van der Waals surface area contributed by atoms with Gasteiger partial charge in [-0.15, -0.1) is 0 Å². The first-order valence-electron chi connectivity index (χ1n) is 7.46. The van der Waals surface area contributed by atoms with E-state index in [9.17, 15) is 10.1 Å². The largest absolute Gasteiger partial charge is 0.493 e. The Hall–Kier alpha value is -2.33. The number of amides is 1. The number of rotatable bonds is 5. The van der Waals surface area contributed by atoms with Gasteiger partial charge in [-0.25, -0.2) is 0 Å². The molecule has 1 N–H and O–H groups in total. The number of carbonyl (C=O) groups is 1. The lowest BCUT2D eigenvalue weighted by molar-refractivity contribution is -0.112. The summed E-state index contributed by atoms with van der Waals surface area (Å²) in [6.45, 7) is 4.42. The smallest absolute Gasteiger partial charge is 0.266 e. The molecule has 0 radical (unpaired) electrons. The number of nitrogens with zero attached hydrogens (tertiary/aromatic N) is 1. The first-order chi connectivity index (χ1) is 11.5. The Morgan fingerprint density at radius 1 is 1.33 bits per heavy atom. The normalized spacial score (nSPS) is 10.8. The Labute approximate surface area is 155 Å². The highest BCUT2D eigenvalue weighted by atomic mass is 127. The molecule has 0 saturated heterocycles. The number of anilines is 1. The van der Waals surface area contributed by atoms with Crippen molar-refractivity contribution in [3.8, 4) is 11.8 Å². The summed E-state index contributed by atoms with van der Waals surface area (Å²) in [6.07, 6.45) is 1.57. The third-order valence-electron chi connectivity index (χ3n) is 3.33. The molecule has 0 unspecified atom stereocenters. The number of ether oxygens (including phenoxy) is 1. The highest BCUT2D eigenvalue weighted by Gasteiger charge is 2.11. The van der Waals surface area contributed by atoms with Crippen molar-refractivity contribution in [3.05, 3.63) is 62.7 Å². The summed E-state index contributed by atoms with van der Waals surface area (Å²) >= 11 is 2.17. The van der Waals surface area contributed by atoms with E-state index in [1.165, 1.54) is 0 Å². The molecule has 2 rings (SSSR count). The summed E-state index contributed by atoms with van der Waals surface area (Å²) in [6, 6.07) is 15.0. The average molecular weight is 432 g/mol. The van der Waals surface area contributed by atoms with Gasteiger partial charge in [0, 0.05) is 5.69 Å². The molecule has 24 heavy (non-hydrogen) atoms. The van der Waals surface area contributed by atoms with Gasteiger partial charge in [-0.2, -0.15) is 5.26 Å². The number of aryl methyl sites for hydroxylation is 1. The molecule has 0 saturated carbocycles. The molecule has 0 aliphatic heterocycles. The minimum Gasteiger partial charge on any atom is -0.493 e. The van der Waals surface area contributed by atoms with Crippen LogP contribution in [0.4, 0.5) is 5.69 Å². The van der Waals surface area contributed by atoms with Crippen molar-refractivity contribution in [2.24, 2.45) is 0 Å². The third-order valence-corrected chi connectivity index (χ3v) is 4.17. The van der Waals surface area contributed by atoms with Crippen LogP contribution in [0.5, 0.6) is 5.75 Å². The summed E-state index contributed by atoms with van der Waals surface area (Å²) in [7, 11) is 0. The number of hydrogen-bond acceptors (Lipinski definition) is 3. The Bertz CT molecular complexity index is 822. The second-order valence-corrected chi connectivity index (χ2v) is 6.22. The van der Waals surface area contributed by atoms with E-state index < -0.39 is 5.91 Å². The number of hydrogen-bond donors (Lipinski definition) is 1. The maximum Gasteiger partial charge on any atom is 0.266 e. The van der Waals surface area contributed by atoms with Crippen molar-refractivity contribution < 1.29 is 9.53 Å². The second kappa shape index (κ2) is 8.50. The van der Waals surface area contributed by atoms with E-state index in [0.29, 0.717) is 12.3 Å². The molecule has 0 bridgehead atoms. The van der Waals surface area contributed by atoms with Crippen molar-refractivity contribution in [1.29, 1.82) is 5.26 Å². The van der Waals surface area contributed by atoms with Gasteiger partial charge in [0.15, 0.2) is 0 Å². The molecule has 1 amide bonds. The lowest BCUT2D eigenvalue weighted by Gasteiger charge is -2.08. The van der Waals surface area contributed by atoms with Crippen LogP contribution in [-0.2, 0) is 4.79 Å². The maximum absolute atomic E-state index is 12.3. The van der Waals surface area contributed by atoms with Crippen LogP contribution in [0.15, 0.2) is 48.0 Å². The molecule has 2 aromatic carbocycles. The molecule has 4 nitrogen and oxygen atoms in total. The van der Waals surface area contributed by atoms with Crippen LogP contribution in [0.25, 0.3) is 6.08 Å². The van der Waals surface area contributed by atoms with Crippen LogP contribution in [0.2, 0.25) is 0 Å². The number of halogens is 1. The van der Waals surface area contributed by atoms with Gasteiger partial charge >= 0.3 is 0 Å². The van der Waals surface area contributed by atoms with Gasteiger partial charge in [-0.1, -0.05) is 24.3 Å². The van der Waals surface area contributed by atoms with Crippen molar-refractivity contribution in [3.63, 3.8) is 0 Å². The fourth-order valence-electron chi connectivity index (χ4n) is 2.10. The Morgan fingerprint density at radius 2 is 2.08 bits per heavy atom. The first kappa shape index (κ1) is 18.0. The van der Waals surface area contributed by atoms with Crippen LogP contribution >= 0.6 is 22.6 Å². The monoisotopic (exact) mass is 432 g/mol. The predicted octanol–water partition coefficient (Wildman–Crippen LogP) is 4.54. The molecule has 0 spiro atoms. The summed E-state index contributed by atoms with van der Waals surface area (Å²) in [5, 5.41) is 12.1. The third kappa shape index (κ3) is 4.59. The molecular formula is C19H17IN2O2. The molecule has 2 aromatic rings. The van der Waals surface area contributed by atoms with E-state index >= 15 is 0 Å². The highest BCUT2D eigenvalue weighted by molar-refractivity contribution is 14.1. The zero-order valence-electron chi connectivity index (χ0n) is 13.5. The Morgan fingerprint density at radius 3 is 2.71 bits per heavy atom. The number of carbonyl (C=O) groups excluding carboxylic acids is 1. The minimum atomic E-state index is -0.421. The lowest BCUT2D eigenvalue weighted by Crippen LogP contribution is -2.14. The molecular weight excluding hydrogens is 415 g/mol. The van der Waals surface area contributed by atoms with Crippen LogP contribution in [0.1, 0.15) is 18.1 Å². The lowest BCUT2D eigenvalue weighted by atomic mass is 10.1. The number of nitrogens with one attached hydrogen (secondary N) is 1. The average Bonchev–Trinajstić information content (AvgIpc) is 2.57. The van der Waals surface area contributed by atoms with Crippen molar-refractivity contribution in [2.45, 2.75) is 13.8 Å². The van der Waals surface area contributed by atoms with E-state index in [4.69, 9.17) is 4.74 Å². The van der Waals surface area contributed by atoms with Gasteiger partial charge in [-0.3, -0.25) is 4.79 Å². The Kier molecular flexibility index (Phi) is 6.38. The number of benzene rings is 2. The van der Waals surface area contributed by atoms with Gasteiger partial charge in [-0.05, 0) is 71.8 Å². The zero-order chi connectivity index (χ0) is 17.5. The molecule has 5 heteroatoms. The van der Waals surface area contributed by atoms with Crippen LogP contribution < -0.4 is 10.1 Å². The molecule has 0 aliphatic carbocycles. The fourth-order valence-corrected chi connectivity index (χ4v) is 2.79. The van der Waals surface area contributed by atoms with E-state index in [-0.39, 0.29) is 5.57 Å². The fraction of sp³-hybridized carbons (Fsp3) is 0.158. The zero-order valence-corrected chi connectivity index (χ0v) is 15.6.